The maximum Gasteiger partial charge on any atom is 0.182 e. The van der Waals surface area contributed by atoms with Gasteiger partial charge in [-0.3, -0.25) is 0 Å². The topological polar surface area (TPSA) is 122 Å². The Labute approximate surface area is 118 Å². The number of aromatic nitrogens is 2. The van der Waals surface area contributed by atoms with Gasteiger partial charge in [-0.05, 0) is 19.4 Å². The standard InChI is InChI=1S/C11H21N5O3S/c1-20(18,19)9-10(12)16(5-6-17)15-11(9)14-8-3-2-4-13-7-8/h8,13,17H,2-7,12H2,1H3,(H,14,15). The molecule has 9 heteroatoms. The lowest BCUT2D eigenvalue weighted by Gasteiger charge is -2.24. The molecule has 0 radical (unpaired) electrons. The van der Waals surface area contributed by atoms with Crippen molar-refractivity contribution in [1.29, 1.82) is 0 Å². The fraction of sp³-hybridized carbons (Fsp3) is 0.727. The fourth-order valence-electron chi connectivity index (χ4n) is 2.35. The Balaban J connectivity index is 2.32. The van der Waals surface area contributed by atoms with Gasteiger partial charge in [-0.2, -0.15) is 5.10 Å². The van der Waals surface area contributed by atoms with E-state index in [9.17, 15) is 8.42 Å². The molecule has 1 unspecified atom stereocenters. The van der Waals surface area contributed by atoms with E-state index in [0.29, 0.717) is 0 Å². The van der Waals surface area contributed by atoms with Crippen LogP contribution in [-0.4, -0.2) is 55.3 Å². The molecule has 1 atom stereocenters. The van der Waals surface area contributed by atoms with Crippen molar-refractivity contribution >= 4 is 21.5 Å². The van der Waals surface area contributed by atoms with Crippen LogP contribution < -0.4 is 16.4 Å². The van der Waals surface area contributed by atoms with Crippen molar-refractivity contribution in [2.24, 2.45) is 0 Å². The number of nitrogens with one attached hydrogen (secondary N) is 2. The summed E-state index contributed by atoms with van der Waals surface area (Å²) in [7, 11) is -3.49. The summed E-state index contributed by atoms with van der Waals surface area (Å²) in [6, 6.07) is 0.126. The molecule has 114 valence electrons. The molecule has 1 aliphatic rings. The zero-order valence-corrected chi connectivity index (χ0v) is 12.3. The van der Waals surface area contributed by atoms with E-state index in [2.05, 4.69) is 15.7 Å². The number of piperidine rings is 1. The van der Waals surface area contributed by atoms with Crippen LogP contribution in [0.5, 0.6) is 0 Å². The highest BCUT2D eigenvalue weighted by Gasteiger charge is 2.26. The predicted molar refractivity (Wildman–Crippen MR) is 76.3 cm³/mol. The van der Waals surface area contributed by atoms with Crippen molar-refractivity contribution in [2.45, 2.75) is 30.3 Å². The Bertz CT molecular complexity index is 563. The maximum atomic E-state index is 11.9. The van der Waals surface area contributed by atoms with Gasteiger partial charge in [-0.25, -0.2) is 13.1 Å². The Morgan fingerprint density at radius 2 is 2.35 bits per heavy atom. The number of nitrogens with two attached hydrogens (primary N) is 1. The quantitative estimate of drug-likeness (QED) is 0.551. The van der Waals surface area contributed by atoms with Gasteiger partial charge < -0.3 is 21.5 Å². The minimum absolute atomic E-state index is 0.0107. The number of aliphatic hydroxyl groups excluding tert-OH is 1. The molecule has 2 heterocycles. The van der Waals surface area contributed by atoms with E-state index >= 15 is 0 Å². The van der Waals surface area contributed by atoms with Gasteiger partial charge in [0.25, 0.3) is 0 Å². The van der Waals surface area contributed by atoms with E-state index in [0.717, 1.165) is 32.2 Å². The molecule has 1 saturated heterocycles. The third-order valence-corrected chi connectivity index (χ3v) is 4.41. The summed E-state index contributed by atoms with van der Waals surface area (Å²) in [5.74, 6) is 0.333. The second kappa shape index (κ2) is 5.98. The van der Waals surface area contributed by atoms with E-state index in [4.69, 9.17) is 10.8 Å². The molecule has 1 aromatic rings. The molecule has 8 nitrogen and oxygen atoms in total. The Morgan fingerprint density at radius 1 is 1.60 bits per heavy atom. The Hall–Kier alpha value is -1.32. The third-order valence-electron chi connectivity index (χ3n) is 3.27. The average Bonchev–Trinajstić information content (AvgIpc) is 2.67. The zero-order valence-electron chi connectivity index (χ0n) is 11.5. The third kappa shape index (κ3) is 3.22. The van der Waals surface area contributed by atoms with Gasteiger partial charge in [0, 0.05) is 18.8 Å². The van der Waals surface area contributed by atoms with Crippen LogP contribution in [-0.2, 0) is 16.4 Å². The second-order valence-corrected chi connectivity index (χ2v) is 6.92. The number of hydrogen-bond donors (Lipinski definition) is 4. The molecule has 0 saturated carbocycles. The lowest BCUT2D eigenvalue weighted by molar-refractivity contribution is 0.270. The lowest BCUT2D eigenvalue weighted by Crippen LogP contribution is -2.38. The normalized spacial score (nSPS) is 20.0. The fourth-order valence-corrected chi connectivity index (χ4v) is 3.29. The Kier molecular flexibility index (Phi) is 4.51. The lowest BCUT2D eigenvalue weighted by atomic mass is 10.1. The van der Waals surface area contributed by atoms with Crippen molar-refractivity contribution in [3.05, 3.63) is 0 Å². The highest BCUT2D eigenvalue weighted by atomic mass is 32.2. The average molecular weight is 303 g/mol. The molecule has 1 fully saturated rings. The number of sulfone groups is 1. The number of hydrogen-bond acceptors (Lipinski definition) is 7. The highest BCUT2D eigenvalue weighted by Crippen LogP contribution is 2.28. The van der Waals surface area contributed by atoms with Crippen LogP contribution in [0.4, 0.5) is 11.6 Å². The number of rotatable bonds is 5. The second-order valence-electron chi connectivity index (χ2n) is 4.97. The summed E-state index contributed by atoms with van der Waals surface area (Å²) < 4.78 is 25.1. The first-order chi connectivity index (χ1) is 9.43. The number of aliphatic hydroxyl groups is 1. The van der Waals surface area contributed by atoms with Crippen molar-refractivity contribution in [1.82, 2.24) is 15.1 Å². The monoisotopic (exact) mass is 303 g/mol. The molecule has 0 aromatic carbocycles. The molecule has 1 aliphatic heterocycles. The number of nitrogen functional groups attached to an aromatic ring is 1. The van der Waals surface area contributed by atoms with Crippen LogP contribution in [0.25, 0.3) is 0 Å². The molecule has 0 spiro atoms. The van der Waals surface area contributed by atoms with Crippen molar-refractivity contribution < 1.29 is 13.5 Å². The predicted octanol–water partition coefficient (Wildman–Crippen LogP) is -0.975. The summed E-state index contributed by atoms with van der Waals surface area (Å²) in [6.07, 6.45) is 3.08. The van der Waals surface area contributed by atoms with E-state index in [1.807, 2.05) is 0 Å². The summed E-state index contributed by atoms with van der Waals surface area (Å²) in [6.45, 7) is 1.74. The van der Waals surface area contributed by atoms with Gasteiger partial charge in [0.1, 0.15) is 5.82 Å². The minimum Gasteiger partial charge on any atom is -0.394 e. The maximum absolute atomic E-state index is 11.9. The molecule has 1 aromatic heterocycles. The first-order valence-electron chi connectivity index (χ1n) is 6.58. The van der Waals surface area contributed by atoms with E-state index in [1.165, 1.54) is 4.68 Å². The van der Waals surface area contributed by atoms with E-state index < -0.39 is 9.84 Å². The molecule has 2 rings (SSSR count). The van der Waals surface area contributed by atoms with E-state index in [1.54, 1.807) is 0 Å². The molecular weight excluding hydrogens is 282 g/mol. The number of nitrogens with zero attached hydrogens (tertiary/aromatic N) is 2. The molecule has 0 bridgehead atoms. The molecule has 20 heavy (non-hydrogen) atoms. The van der Waals surface area contributed by atoms with Gasteiger partial charge in [0.15, 0.2) is 20.6 Å². The van der Waals surface area contributed by atoms with Gasteiger partial charge in [0.2, 0.25) is 0 Å². The zero-order chi connectivity index (χ0) is 14.8. The summed E-state index contributed by atoms with van der Waals surface area (Å²) in [4.78, 5) is 0.0107. The SMILES string of the molecule is CS(=O)(=O)c1c(NC2CCCNC2)nn(CCO)c1N. The molecule has 5 N–H and O–H groups in total. The van der Waals surface area contributed by atoms with Gasteiger partial charge in [-0.15, -0.1) is 0 Å². The van der Waals surface area contributed by atoms with Crippen LogP contribution >= 0.6 is 0 Å². The largest absolute Gasteiger partial charge is 0.394 e. The summed E-state index contributed by atoms with van der Waals surface area (Å²) in [5, 5.41) is 19.5. The van der Waals surface area contributed by atoms with Crippen LogP contribution in [0.2, 0.25) is 0 Å². The number of anilines is 2. The highest BCUT2D eigenvalue weighted by molar-refractivity contribution is 7.91. The van der Waals surface area contributed by atoms with Crippen molar-refractivity contribution in [3.8, 4) is 0 Å². The van der Waals surface area contributed by atoms with Crippen LogP contribution in [0, 0.1) is 0 Å². The first-order valence-corrected chi connectivity index (χ1v) is 8.47. The molecule has 0 aliphatic carbocycles. The Morgan fingerprint density at radius 3 is 2.90 bits per heavy atom. The van der Waals surface area contributed by atoms with Gasteiger partial charge in [0.05, 0.1) is 13.2 Å². The van der Waals surface area contributed by atoms with Gasteiger partial charge >= 0.3 is 0 Å². The van der Waals surface area contributed by atoms with Crippen LogP contribution in [0.15, 0.2) is 4.90 Å². The summed E-state index contributed by atoms with van der Waals surface area (Å²) in [5.41, 5.74) is 5.84. The van der Waals surface area contributed by atoms with Crippen LogP contribution in [0.1, 0.15) is 12.8 Å². The summed E-state index contributed by atoms with van der Waals surface area (Å²) >= 11 is 0. The molecule has 0 amide bonds. The van der Waals surface area contributed by atoms with Crippen LogP contribution in [0.3, 0.4) is 0 Å². The van der Waals surface area contributed by atoms with E-state index in [-0.39, 0.29) is 35.7 Å². The first kappa shape index (κ1) is 15.1. The van der Waals surface area contributed by atoms with Crippen molar-refractivity contribution in [2.75, 3.05) is 37.0 Å². The smallest absolute Gasteiger partial charge is 0.182 e. The molecular formula is C11H21N5O3S. The van der Waals surface area contributed by atoms with Gasteiger partial charge in [-0.1, -0.05) is 0 Å². The minimum atomic E-state index is -3.49. The van der Waals surface area contributed by atoms with Crippen molar-refractivity contribution in [3.63, 3.8) is 0 Å².